The third-order valence-electron chi connectivity index (χ3n) is 8.31. The molecule has 0 unspecified atom stereocenters. The lowest BCUT2D eigenvalue weighted by molar-refractivity contribution is 0.0512. The third kappa shape index (κ3) is 6.30. The number of hydrogen-bond acceptors (Lipinski definition) is 6. The fourth-order valence-electron chi connectivity index (χ4n) is 6.44. The molecule has 47 heavy (non-hydrogen) atoms. The van der Waals surface area contributed by atoms with Gasteiger partial charge in [-0.1, -0.05) is 91.0 Å². The summed E-state index contributed by atoms with van der Waals surface area (Å²) in [6, 6.07) is 31.3. The van der Waals surface area contributed by atoms with Crippen molar-refractivity contribution in [2.45, 2.75) is 64.6 Å². The Hall–Kier alpha value is -5.18. The number of fused-ring (bicyclic) bond motifs is 3. The number of ether oxygens (including phenoxy) is 2. The highest BCUT2D eigenvalue weighted by atomic mass is 16.6. The van der Waals surface area contributed by atoms with Gasteiger partial charge in [0.05, 0.1) is 18.0 Å². The molecule has 2 heterocycles. The number of carbonyl (C=O) groups is 2. The normalized spacial score (nSPS) is 12.6. The first-order chi connectivity index (χ1) is 22.7. The van der Waals surface area contributed by atoms with Crippen molar-refractivity contribution in [1.29, 1.82) is 0 Å². The summed E-state index contributed by atoms with van der Waals surface area (Å²) < 4.78 is 14.8. The average Bonchev–Trinajstić information content (AvgIpc) is 3.66. The van der Waals surface area contributed by atoms with Crippen LogP contribution in [0.2, 0.25) is 0 Å². The topological polar surface area (TPSA) is 100 Å². The molecule has 1 aliphatic carbocycles. The van der Waals surface area contributed by atoms with E-state index in [0.717, 1.165) is 39.2 Å². The summed E-state index contributed by atoms with van der Waals surface area (Å²) in [7, 11) is 0. The molecule has 242 valence electrons. The first-order valence-corrected chi connectivity index (χ1v) is 16.2. The van der Waals surface area contributed by atoms with Gasteiger partial charge in [-0.3, -0.25) is 9.36 Å². The number of hydrogen-bond donors (Lipinski definition) is 1. The molecular weight excluding hydrogens is 590 g/mol. The molecule has 0 spiro atoms. The van der Waals surface area contributed by atoms with Gasteiger partial charge < -0.3 is 14.8 Å². The number of carbonyl (C=O) groups excluding carboxylic acids is 2. The molecule has 0 saturated carbocycles. The van der Waals surface area contributed by atoms with Gasteiger partial charge >= 0.3 is 12.1 Å². The Kier molecular flexibility index (Phi) is 8.98. The van der Waals surface area contributed by atoms with E-state index in [1.54, 1.807) is 6.92 Å². The number of alkyl carbamates (subject to hydrolysis) is 1. The summed E-state index contributed by atoms with van der Waals surface area (Å²) in [5.41, 5.74) is 5.80. The molecule has 9 nitrogen and oxygen atoms in total. The predicted molar refractivity (Wildman–Crippen MR) is 180 cm³/mol. The zero-order valence-corrected chi connectivity index (χ0v) is 27.4. The van der Waals surface area contributed by atoms with Crippen LogP contribution in [0.1, 0.15) is 72.6 Å². The molecule has 0 saturated heterocycles. The Morgan fingerprint density at radius 2 is 1.40 bits per heavy atom. The summed E-state index contributed by atoms with van der Waals surface area (Å²) >= 11 is 0. The molecule has 5 aromatic rings. The smallest absolute Gasteiger partial charge is 0.407 e. The minimum absolute atomic E-state index is 0.261. The van der Waals surface area contributed by atoms with E-state index in [9.17, 15) is 9.59 Å². The van der Waals surface area contributed by atoms with Gasteiger partial charge in [0.1, 0.15) is 11.1 Å². The van der Waals surface area contributed by atoms with E-state index in [-0.39, 0.29) is 6.61 Å². The van der Waals surface area contributed by atoms with E-state index in [0.29, 0.717) is 38.0 Å². The zero-order chi connectivity index (χ0) is 33.0. The minimum Gasteiger partial charge on any atom is -0.461 e. The van der Waals surface area contributed by atoms with E-state index in [2.05, 4.69) is 89.0 Å². The average molecular weight is 632 g/mol. The van der Waals surface area contributed by atoms with Crippen LogP contribution in [0.3, 0.4) is 0 Å². The highest BCUT2D eigenvalue weighted by molar-refractivity contribution is 5.92. The van der Waals surface area contributed by atoms with Crippen molar-refractivity contribution in [2.75, 3.05) is 13.2 Å². The standard InChI is InChI=1S/C38H41N5O4/c1-5-46-35(44)33-30-22-23-32-31(34(30)42(41-33)25-15-24-39-36(45)47-37(2,3)4)26-43(40-32)38(27-16-9-6-10-17-27,28-18-11-7-12-19-28)29-20-13-8-14-21-29/h6-14,16-21,26H,5,15,22-25H2,1-4H3,(H,39,45). The van der Waals surface area contributed by atoms with Gasteiger partial charge in [0.25, 0.3) is 0 Å². The van der Waals surface area contributed by atoms with Crippen molar-refractivity contribution in [3.8, 4) is 11.3 Å². The Bertz CT molecular complexity index is 1740. The maximum absolute atomic E-state index is 13.1. The van der Waals surface area contributed by atoms with Crippen LogP contribution in [-0.2, 0) is 34.4 Å². The molecule has 6 rings (SSSR count). The summed E-state index contributed by atoms with van der Waals surface area (Å²) in [5.74, 6) is -0.433. The van der Waals surface area contributed by atoms with E-state index in [1.165, 1.54) is 0 Å². The first kappa shape index (κ1) is 31.8. The van der Waals surface area contributed by atoms with Gasteiger partial charge in [-0.15, -0.1) is 0 Å². The Balaban J connectivity index is 1.46. The lowest BCUT2D eigenvalue weighted by Gasteiger charge is -2.36. The van der Waals surface area contributed by atoms with E-state index in [4.69, 9.17) is 19.7 Å². The number of nitrogens with zero attached hydrogens (tertiary/aromatic N) is 4. The summed E-state index contributed by atoms with van der Waals surface area (Å²) in [6.07, 6.45) is 3.49. The van der Waals surface area contributed by atoms with Crippen molar-refractivity contribution in [1.82, 2.24) is 24.9 Å². The number of aryl methyl sites for hydroxylation is 2. The first-order valence-electron chi connectivity index (χ1n) is 16.2. The van der Waals surface area contributed by atoms with E-state index in [1.807, 2.05) is 43.7 Å². The molecule has 1 N–H and O–H groups in total. The Morgan fingerprint density at radius 1 is 0.830 bits per heavy atom. The fraction of sp³-hybridized carbons (Fsp3) is 0.316. The highest BCUT2D eigenvalue weighted by Gasteiger charge is 2.41. The van der Waals surface area contributed by atoms with Crippen LogP contribution in [0.25, 0.3) is 11.3 Å². The Morgan fingerprint density at radius 3 is 1.94 bits per heavy atom. The van der Waals surface area contributed by atoms with Crippen LogP contribution in [0.4, 0.5) is 4.79 Å². The number of aromatic nitrogens is 4. The van der Waals surface area contributed by atoms with E-state index < -0.39 is 23.2 Å². The minimum atomic E-state index is -0.770. The molecule has 2 aromatic heterocycles. The van der Waals surface area contributed by atoms with Crippen molar-refractivity contribution in [2.24, 2.45) is 0 Å². The van der Waals surface area contributed by atoms with Crippen LogP contribution in [0.15, 0.2) is 97.2 Å². The second kappa shape index (κ2) is 13.3. The molecule has 1 amide bonds. The van der Waals surface area contributed by atoms with Gasteiger partial charge in [0, 0.05) is 30.4 Å². The van der Waals surface area contributed by atoms with Gasteiger partial charge in [-0.05, 0) is 63.6 Å². The van der Waals surface area contributed by atoms with Gasteiger partial charge in [0.15, 0.2) is 5.69 Å². The Labute approximate surface area is 275 Å². The summed E-state index contributed by atoms with van der Waals surface area (Å²) in [4.78, 5) is 25.4. The number of nitrogens with one attached hydrogen (secondary N) is 1. The third-order valence-corrected chi connectivity index (χ3v) is 8.31. The predicted octanol–water partition coefficient (Wildman–Crippen LogP) is 6.78. The summed E-state index contributed by atoms with van der Waals surface area (Å²) in [5, 5.41) is 12.9. The zero-order valence-electron chi connectivity index (χ0n) is 27.4. The number of amides is 1. The van der Waals surface area contributed by atoms with Crippen LogP contribution < -0.4 is 5.32 Å². The second-order valence-electron chi connectivity index (χ2n) is 12.6. The maximum Gasteiger partial charge on any atom is 0.407 e. The largest absolute Gasteiger partial charge is 0.461 e. The van der Waals surface area contributed by atoms with E-state index >= 15 is 0 Å². The molecular formula is C38H41N5O4. The SMILES string of the molecule is CCOC(=O)c1nn(CCCNC(=O)OC(C)(C)C)c2c1CCc1nn(C(c3ccccc3)(c3ccccc3)c3ccccc3)cc1-2. The molecule has 0 aliphatic heterocycles. The van der Waals surface area contributed by atoms with Crippen LogP contribution in [0, 0.1) is 0 Å². The molecule has 9 heteroatoms. The monoisotopic (exact) mass is 631 g/mol. The number of rotatable bonds is 10. The molecule has 0 fully saturated rings. The van der Waals surface area contributed by atoms with Crippen molar-refractivity contribution in [3.63, 3.8) is 0 Å². The number of esters is 1. The number of benzene rings is 3. The van der Waals surface area contributed by atoms with Crippen LogP contribution in [-0.4, -0.2) is 50.4 Å². The van der Waals surface area contributed by atoms with Crippen molar-refractivity contribution >= 4 is 12.1 Å². The van der Waals surface area contributed by atoms with Gasteiger partial charge in [-0.25, -0.2) is 9.59 Å². The molecule has 0 atom stereocenters. The quantitative estimate of drug-likeness (QED) is 0.104. The summed E-state index contributed by atoms with van der Waals surface area (Å²) in [6.45, 7) is 8.42. The van der Waals surface area contributed by atoms with Gasteiger partial charge in [0.2, 0.25) is 0 Å². The van der Waals surface area contributed by atoms with Crippen LogP contribution in [0.5, 0.6) is 0 Å². The van der Waals surface area contributed by atoms with Crippen molar-refractivity contribution < 1.29 is 19.1 Å². The lowest BCUT2D eigenvalue weighted by Crippen LogP contribution is -2.38. The fourth-order valence-corrected chi connectivity index (χ4v) is 6.44. The lowest BCUT2D eigenvalue weighted by atomic mass is 9.77. The molecule has 1 aliphatic rings. The molecule has 3 aromatic carbocycles. The van der Waals surface area contributed by atoms with Crippen LogP contribution >= 0.6 is 0 Å². The van der Waals surface area contributed by atoms with Crippen molar-refractivity contribution in [3.05, 3.63) is 131 Å². The van der Waals surface area contributed by atoms with Gasteiger partial charge in [-0.2, -0.15) is 10.2 Å². The second-order valence-corrected chi connectivity index (χ2v) is 12.6. The maximum atomic E-state index is 13.1. The molecule has 0 bridgehead atoms. The molecule has 0 radical (unpaired) electrons. The highest BCUT2D eigenvalue weighted by Crippen LogP contribution is 2.43.